The van der Waals surface area contributed by atoms with Crippen LogP contribution in [0, 0.1) is 5.92 Å². The van der Waals surface area contributed by atoms with Gasteiger partial charge in [-0.3, -0.25) is 0 Å². The predicted molar refractivity (Wildman–Crippen MR) is 78.4 cm³/mol. The van der Waals surface area contributed by atoms with E-state index in [1.165, 1.54) is 11.3 Å². The Balaban J connectivity index is 2.04. The first-order chi connectivity index (χ1) is 9.28. The van der Waals surface area contributed by atoms with Crippen molar-refractivity contribution in [1.29, 1.82) is 0 Å². The van der Waals surface area contributed by atoms with Crippen molar-refractivity contribution in [3.63, 3.8) is 0 Å². The first-order valence-corrected chi connectivity index (χ1v) is 6.57. The standard InChI is InChI=1S/C15H18N4/c1-11-9-12-5-2-3-6-13(12)19(10-11)15-8-4-7-14(17-15)18-16/h2-8,11H,9-10,16H2,1H3,(H,17,18). The molecule has 0 saturated carbocycles. The zero-order valence-electron chi connectivity index (χ0n) is 11.0. The minimum absolute atomic E-state index is 0.617. The van der Waals surface area contributed by atoms with Gasteiger partial charge in [-0.25, -0.2) is 10.8 Å². The fourth-order valence-electron chi connectivity index (χ4n) is 2.67. The maximum Gasteiger partial charge on any atom is 0.142 e. The third-order valence-corrected chi connectivity index (χ3v) is 3.50. The van der Waals surface area contributed by atoms with Crippen molar-refractivity contribution >= 4 is 17.3 Å². The van der Waals surface area contributed by atoms with Crippen molar-refractivity contribution in [3.8, 4) is 0 Å². The summed E-state index contributed by atoms with van der Waals surface area (Å²) in [5, 5.41) is 0. The van der Waals surface area contributed by atoms with Gasteiger partial charge in [0.25, 0.3) is 0 Å². The summed E-state index contributed by atoms with van der Waals surface area (Å²) in [6.07, 6.45) is 1.13. The number of rotatable bonds is 2. The van der Waals surface area contributed by atoms with E-state index in [0.29, 0.717) is 11.7 Å². The molecule has 98 valence electrons. The molecule has 0 radical (unpaired) electrons. The van der Waals surface area contributed by atoms with Gasteiger partial charge >= 0.3 is 0 Å². The van der Waals surface area contributed by atoms with Crippen LogP contribution in [0.2, 0.25) is 0 Å². The minimum atomic E-state index is 0.617. The number of anilines is 3. The van der Waals surface area contributed by atoms with Crippen LogP contribution < -0.4 is 16.2 Å². The van der Waals surface area contributed by atoms with Crippen LogP contribution in [-0.2, 0) is 6.42 Å². The van der Waals surface area contributed by atoms with Gasteiger partial charge in [-0.1, -0.05) is 31.2 Å². The van der Waals surface area contributed by atoms with Gasteiger partial charge < -0.3 is 10.3 Å². The van der Waals surface area contributed by atoms with Gasteiger partial charge in [-0.2, -0.15) is 0 Å². The van der Waals surface area contributed by atoms with E-state index in [1.807, 2.05) is 18.2 Å². The molecule has 2 heterocycles. The van der Waals surface area contributed by atoms with Gasteiger partial charge in [-0.05, 0) is 36.1 Å². The molecule has 0 bridgehead atoms. The Kier molecular flexibility index (Phi) is 3.09. The largest absolute Gasteiger partial charge is 0.326 e. The third kappa shape index (κ3) is 2.27. The molecule has 0 saturated heterocycles. The highest BCUT2D eigenvalue weighted by atomic mass is 15.3. The zero-order valence-corrected chi connectivity index (χ0v) is 11.0. The topological polar surface area (TPSA) is 54.2 Å². The lowest BCUT2D eigenvalue weighted by Gasteiger charge is -2.34. The molecule has 0 amide bonds. The number of para-hydroxylation sites is 1. The highest BCUT2D eigenvalue weighted by Gasteiger charge is 2.23. The number of hydrazine groups is 1. The number of nitrogen functional groups attached to an aromatic ring is 1. The lowest BCUT2D eigenvalue weighted by Crippen LogP contribution is -2.31. The number of hydrogen-bond acceptors (Lipinski definition) is 4. The molecular weight excluding hydrogens is 236 g/mol. The Morgan fingerprint density at radius 1 is 1.21 bits per heavy atom. The van der Waals surface area contributed by atoms with E-state index < -0.39 is 0 Å². The Hall–Kier alpha value is -2.07. The highest BCUT2D eigenvalue weighted by molar-refractivity contribution is 5.66. The molecule has 0 aliphatic carbocycles. The molecular formula is C15H18N4. The SMILES string of the molecule is CC1Cc2ccccc2N(c2cccc(NN)n2)C1. The fraction of sp³-hybridized carbons (Fsp3) is 0.267. The first kappa shape index (κ1) is 12.0. The van der Waals surface area contributed by atoms with E-state index in [4.69, 9.17) is 5.84 Å². The number of fused-ring (bicyclic) bond motifs is 1. The van der Waals surface area contributed by atoms with Crippen LogP contribution in [0.15, 0.2) is 42.5 Å². The second-order valence-electron chi connectivity index (χ2n) is 5.07. The van der Waals surface area contributed by atoms with Crippen molar-refractivity contribution in [2.24, 2.45) is 11.8 Å². The highest BCUT2D eigenvalue weighted by Crippen LogP contribution is 2.34. The quantitative estimate of drug-likeness (QED) is 0.639. The van der Waals surface area contributed by atoms with Gasteiger partial charge in [0.15, 0.2) is 0 Å². The summed E-state index contributed by atoms with van der Waals surface area (Å²) in [6, 6.07) is 14.4. The van der Waals surface area contributed by atoms with Gasteiger partial charge in [-0.15, -0.1) is 0 Å². The summed E-state index contributed by atoms with van der Waals surface area (Å²) in [5.74, 6) is 7.68. The van der Waals surface area contributed by atoms with E-state index in [-0.39, 0.29) is 0 Å². The van der Waals surface area contributed by atoms with E-state index in [0.717, 1.165) is 18.8 Å². The molecule has 0 spiro atoms. The third-order valence-electron chi connectivity index (χ3n) is 3.50. The van der Waals surface area contributed by atoms with E-state index in [1.54, 1.807) is 0 Å². The van der Waals surface area contributed by atoms with Gasteiger partial charge in [0.2, 0.25) is 0 Å². The van der Waals surface area contributed by atoms with Crippen molar-refractivity contribution in [2.75, 3.05) is 16.9 Å². The average Bonchev–Trinajstić information content (AvgIpc) is 2.46. The van der Waals surface area contributed by atoms with Crippen LogP contribution >= 0.6 is 0 Å². The summed E-state index contributed by atoms with van der Waals surface area (Å²) < 4.78 is 0. The Morgan fingerprint density at radius 3 is 2.89 bits per heavy atom. The average molecular weight is 254 g/mol. The van der Waals surface area contributed by atoms with Crippen LogP contribution in [0.5, 0.6) is 0 Å². The normalized spacial score (nSPS) is 18.0. The van der Waals surface area contributed by atoms with Gasteiger partial charge in [0.05, 0.1) is 0 Å². The Morgan fingerprint density at radius 2 is 2.05 bits per heavy atom. The van der Waals surface area contributed by atoms with E-state index in [2.05, 4.69) is 46.5 Å². The molecule has 1 aliphatic rings. The monoisotopic (exact) mass is 254 g/mol. The Labute approximate surface area is 113 Å². The molecule has 1 atom stereocenters. The summed E-state index contributed by atoms with van der Waals surface area (Å²) in [5.41, 5.74) is 5.24. The molecule has 1 unspecified atom stereocenters. The first-order valence-electron chi connectivity index (χ1n) is 6.57. The smallest absolute Gasteiger partial charge is 0.142 e. The lowest BCUT2D eigenvalue weighted by molar-refractivity contribution is 0.560. The number of nitrogens with two attached hydrogens (primary N) is 1. The van der Waals surface area contributed by atoms with Gasteiger partial charge in [0.1, 0.15) is 11.6 Å². The molecule has 4 heteroatoms. The van der Waals surface area contributed by atoms with Crippen molar-refractivity contribution < 1.29 is 0 Å². The van der Waals surface area contributed by atoms with E-state index >= 15 is 0 Å². The zero-order chi connectivity index (χ0) is 13.2. The van der Waals surface area contributed by atoms with Crippen LogP contribution in [0.3, 0.4) is 0 Å². The lowest BCUT2D eigenvalue weighted by atomic mass is 9.94. The number of nitrogens with zero attached hydrogens (tertiary/aromatic N) is 2. The minimum Gasteiger partial charge on any atom is -0.326 e. The van der Waals surface area contributed by atoms with Crippen LogP contribution in [0.4, 0.5) is 17.3 Å². The molecule has 1 aliphatic heterocycles. The summed E-state index contributed by atoms with van der Waals surface area (Å²) in [7, 11) is 0. The maximum atomic E-state index is 5.44. The van der Waals surface area contributed by atoms with Gasteiger partial charge in [0, 0.05) is 12.2 Å². The van der Waals surface area contributed by atoms with Crippen LogP contribution in [-0.4, -0.2) is 11.5 Å². The van der Waals surface area contributed by atoms with Crippen LogP contribution in [0.1, 0.15) is 12.5 Å². The molecule has 2 aromatic rings. The van der Waals surface area contributed by atoms with Crippen molar-refractivity contribution in [3.05, 3.63) is 48.0 Å². The van der Waals surface area contributed by atoms with Crippen molar-refractivity contribution in [2.45, 2.75) is 13.3 Å². The number of pyridine rings is 1. The molecule has 19 heavy (non-hydrogen) atoms. The molecule has 3 N–H and O–H groups in total. The second-order valence-corrected chi connectivity index (χ2v) is 5.07. The summed E-state index contributed by atoms with van der Waals surface area (Å²) in [6.45, 7) is 3.26. The number of hydrogen-bond donors (Lipinski definition) is 2. The summed E-state index contributed by atoms with van der Waals surface area (Å²) >= 11 is 0. The predicted octanol–water partition coefficient (Wildman–Crippen LogP) is 2.70. The second kappa shape index (κ2) is 4.90. The molecule has 1 aromatic carbocycles. The Bertz CT molecular complexity index is 582. The molecule has 3 rings (SSSR count). The van der Waals surface area contributed by atoms with Crippen LogP contribution in [0.25, 0.3) is 0 Å². The number of aromatic nitrogens is 1. The maximum absolute atomic E-state index is 5.44. The summed E-state index contributed by atoms with van der Waals surface area (Å²) in [4.78, 5) is 6.81. The van der Waals surface area contributed by atoms with E-state index in [9.17, 15) is 0 Å². The molecule has 4 nitrogen and oxygen atoms in total. The van der Waals surface area contributed by atoms with Crippen molar-refractivity contribution in [1.82, 2.24) is 4.98 Å². The fourth-order valence-corrected chi connectivity index (χ4v) is 2.67. The number of nitrogens with one attached hydrogen (secondary N) is 1. The number of benzene rings is 1. The molecule has 0 fully saturated rings. The molecule has 1 aromatic heterocycles.